The second-order valence-electron chi connectivity index (χ2n) is 6.72. The maximum Gasteiger partial charge on any atom is 0.257 e. The predicted molar refractivity (Wildman–Crippen MR) is 110 cm³/mol. The van der Waals surface area contributed by atoms with E-state index in [2.05, 4.69) is 47.6 Å². The number of aryl methyl sites for hydroxylation is 3. The number of rotatable bonds is 7. The third-order valence-electron chi connectivity index (χ3n) is 4.12. The van der Waals surface area contributed by atoms with Gasteiger partial charge in [-0.05, 0) is 44.0 Å². The third kappa shape index (κ3) is 5.66. The lowest BCUT2D eigenvalue weighted by Crippen LogP contribution is -2.30. The molecule has 3 rings (SSSR count). The Kier molecular flexibility index (Phi) is 6.24. The number of carbonyl (C=O) groups excluding carboxylic acids is 1. The van der Waals surface area contributed by atoms with Crippen molar-refractivity contribution in [3.8, 4) is 16.3 Å². The van der Waals surface area contributed by atoms with Crippen LogP contribution in [0.15, 0.2) is 47.8 Å². The highest BCUT2D eigenvalue weighted by atomic mass is 32.1. The van der Waals surface area contributed by atoms with Crippen LogP contribution >= 0.6 is 11.3 Å². The van der Waals surface area contributed by atoms with Gasteiger partial charge in [-0.3, -0.25) is 4.79 Å². The first-order chi connectivity index (χ1) is 13.0. The lowest BCUT2D eigenvalue weighted by atomic mass is 10.1. The largest absolute Gasteiger partial charge is 0.484 e. The first kappa shape index (κ1) is 19.1. The molecule has 1 amide bonds. The van der Waals surface area contributed by atoms with Crippen molar-refractivity contribution in [1.29, 1.82) is 0 Å². The molecule has 3 aromatic rings. The van der Waals surface area contributed by atoms with E-state index in [1.165, 1.54) is 5.56 Å². The van der Waals surface area contributed by atoms with Crippen LogP contribution in [-0.2, 0) is 11.2 Å². The first-order valence-corrected chi connectivity index (χ1v) is 9.87. The molecule has 27 heavy (non-hydrogen) atoms. The summed E-state index contributed by atoms with van der Waals surface area (Å²) in [5.41, 5.74) is 5.60. The van der Waals surface area contributed by atoms with Gasteiger partial charge in [-0.25, -0.2) is 4.98 Å². The number of aromatic nitrogens is 1. The Hall–Kier alpha value is -2.66. The number of benzene rings is 2. The van der Waals surface area contributed by atoms with Gasteiger partial charge in [-0.2, -0.15) is 0 Å². The van der Waals surface area contributed by atoms with Gasteiger partial charge in [-0.1, -0.05) is 35.9 Å². The van der Waals surface area contributed by atoms with Crippen LogP contribution in [-0.4, -0.2) is 24.0 Å². The van der Waals surface area contributed by atoms with Crippen molar-refractivity contribution < 1.29 is 9.53 Å². The zero-order valence-corrected chi connectivity index (χ0v) is 16.7. The molecule has 0 atom stereocenters. The maximum atomic E-state index is 12.0. The summed E-state index contributed by atoms with van der Waals surface area (Å²) in [6.07, 6.45) is 0.706. The summed E-state index contributed by atoms with van der Waals surface area (Å²) >= 11 is 1.63. The number of ether oxygens (including phenoxy) is 1. The zero-order valence-electron chi connectivity index (χ0n) is 15.9. The quantitative estimate of drug-likeness (QED) is 0.658. The van der Waals surface area contributed by atoms with Crippen LogP contribution in [0.2, 0.25) is 0 Å². The number of hydrogen-bond donors (Lipinski definition) is 1. The molecule has 0 saturated heterocycles. The molecule has 0 fully saturated rings. The summed E-state index contributed by atoms with van der Waals surface area (Å²) in [5, 5.41) is 5.95. The summed E-state index contributed by atoms with van der Waals surface area (Å²) in [4.78, 5) is 16.6. The van der Waals surface area contributed by atoms with Crippen molar-refractivity contribution in [2.24, 2.45) is 0 Å². The molecule has 0 aliphatic heterocycles. The second kappa shape index (κ2) is 8.82. The van der Waals surface area contributed by atoms with E-state index in [9.17, 15) is 4.79 Å². The fourth-order valence-corrected chi connectivity index (χ4v) is 3.66. The molecule has 140 valence electrons. The van der Waals surface area contributed by atoms with Crippen LogP contribution in [0.3, 0.4) is 0 Å². The Bertz CT molecular complexity index is 896. The minimum Gasteiger partial charge on any atom is -0.484 e. The maximum absolute atomic E-state index is 12.0. The smallest absolute Gasteiger partial charge is 0.257 e. The Morgan fingerprint density at radius 3 is 2.44 bits per heavy atom. The number of amides is 1. The van der Waals surface area contributed by atoms with Crippen molar-refractivity contribution in [1.82, 2.24) is 10.3 Å². The average Bonchev–Trinajstić information content (AvgIpc) is 3.09. The molecular weight excluding hydrogens is 356 g/mol. The van der Waals surface area contributed by atoms with Gasteiger partial charge in [0.1, 0.15) is 10.8 Å². The van der Waals surface area contributed by atoms with Crippen molar-refractivity contribution in [2.75, 3.05) is 13.2 Å². The Labute approximate surface area is 164 Å². The fraction of sp³-hybridized carbons (Fsp3) is 0.273. The second-order valence-corrected chi connectivity index (χ2v) is 7.58. The molecule has 1 heterocycles. The number of nitrogens with zero attached hydrogens (tertiary/aromatic N) is 1. The molecule has 5 heteroatoms. The summed E-state index contributed by atoms with van der Waals surface area (Å²) in [6, 6.07) is 14.3. The highest BCUT2D eigenvalue weighted by Gasteiger charge is 2.07. The minimum absolute atomic E-state index is 0.0224. The molecule has 0 bridgehead atoms. The van der Waals surface area contributed by atoms with E-state index < -0.39 is 0 Å². The molecule has 1 N–H and O–H groups in total. The summed E-state index contributed by atoms with van der Waals surface area (Å²) in [7, 11) is 0. The molecule has 0 unspecified atom stereocenters. The number of thiazole rings is 1. The Balaban J connectivity index is 1.44. The predicted octanol–water partition coefficient (Wildman–Crippen LogP) is 4.47. The monoisotopic (exact) mass is 380 g/mol. The van der Waals surface area contributed by atoms with E-state index in [-0.39, 0.29) is 12.5 Å². The van der Waals surface area contributed by atoms with Crippen molar-refractivity contribution in [3.05, 3.63) is 70.2 Å². The first-order valence-electron chi connectivity index (χ1n) is 8.99. The molecular formula is C22H24N2O2S. The minimum atomic E-state index is -0.122. The molecule has 0 saturated carbocycles. The highest BCUT2D eigenvalue weighted by Crippen LogP contribution is 2.24. The van der Waals surface area contributed by atoms with Crippen LogP contribution in [0, 0.1) is 20.8 Å². The number of carbonyl (C=O) groups is 1. The van der Waals surface area contributed by atoms with E-state index in [1.54, 1.807) is 11.3 Å². The lowest BCUT2D eigenvalue weighted by molar-refractivity contribution is -0.123. The van der Waals surface area contributed by atoms with Gasteiger partial charge in [0.05, 0.1) is 5.69 Å². The van der Waals surface area contributed by atoms with Crippen molar-refractivity contribution in [3.63, 3.8) is 0 Å². The van der Waals surface area contributed by atoms with Gasteiger partial charge >= 0.3 is 0 Å². The van der Waals surface area contributed by atoms with Crippen LogP contribution in [0.5, 0.6) is 5.75 Å². The van der Waals surface area contributed by atoms with Crippen LogP contribution in [0.1, 0.15) is 22.4 Å². The van der Waals surface area contributed by atoms with E-state index in [0.29, 0.717) is 13.0 Å². The highest BCUT2D eigenvalue weighted by molar-refractivity contribution is 7.13. The molecule has 1 aromatic heterocycles. The summed E-state index contributed by atoms with van der Waals surface area (Å²) in [5.74, 6) is 0.605. The van der Waals surface area contributed by atoms with Crippen LogP contribution < -0.4 is 10.1 Å². The van der Waals surface area contributed by atoms with Crippen molar-refractivity contribution >= 4 is 17.2 Å². The standard InChI is InChI=1S/C22H24N2O2S/c1-15-4-6-18(7-5-15)22-24-19(14-27-22)8-9-23-21(25)13-26-20-11-16(2)10-17(3)12-20/h4-7,10-12,14H,8-9,13H2,1-3H3,(H,23,25). The van der Waals surface area contributed by atoms with E-state index in [0.717, 1.165) is 33.1 Å². The molecule has 2 aromatic carbocycles. The molecule has 0 spiro atoms. The Morgan fingerprint density at radius 2 is 1.74 bits per heavy atom. The fourth-order valence-electron chi connectivity index (χ4n) is 2.80. The Morgan fingerprint density at radius 1 is 1.04 bits per heavy atom. The third-order valence-corrected chi connectivity index (χ3v) is 5.06. The zero-order chi connectivity index (χ0) is 19.2. The summed E-state index contributed by atoms with van der Waals surface area (Å²) < 4.78 is 5.58. The normalized spacial score (nSPS) is 10.6. The van der Waals surface area contributed by atoms with E-state index >= 15 is 0 Å². The van der Waals surface area contributed by atoms with Gasteiger partial charge < -0.3 is 10.1 Å². The molecule has 0 radical (unpaired) electrons. The number of nitrogens with one attached hydrogen (secondary N) is 1. The van der Waals surface area contributed by atoms with E-state index in [4.69, 9.17) is 4.74 Å². The van der Waals surface area contributed by atoms with Crippen LogP contribution in [0.25, 0.3) is 10.6 Å². The topological polar surface area (TPSA) is 51.2 Å². The van der Waals surface area contributed by atoms with Gasteiger partial charge in [0.15, 0.2) is 6.61 Å². The van der Waals surface area contributed by atoms with Gasteiger partial charge in [0, 0.05) is 23.9 Å². The molecule has 0 aliphatic carbocycles. The van der Waals surface area contributed by atoms with Crippen LogP contribution in [0.4, 0.5) is 0 Å². The summed E-state index contributed by atoms with van der Waals surface area (Å²) in [6.45, 7) is 6.67. The van der Waals surface area contributed by atoms with Crippen molar-refractivity contribution in [2.45, 2.75) is 27.2 Å². The van der Waals surface area contributed by atoms with Gasteiger partial charge in [0.2, 0.25) is 0 Å². The molecule has 0 aliphatic rings. The van der Waals surface area contributed by atoms with Gasteiger partial charge in [-0.15, -0.1) is 11.3 Å². The molecule has 4 nitrogen and oxygen atoms in total. The lowest BCUT2D eigenvalue weighted by Gasteiger charge is -2.08. The average molecular weight is 381 g/mol. The van der Waals surface area contributed by atoms with E-state index in [1.807, 2.05) is 31.4 Å². The SMILES string of the molecule is Cc1ccc(-c2nc(CCNC(=O)COc3cc(C)cc(C)c3)cs2)cc1. The number of hydrogen-bond acceptors (Lipinski definition) is 4. The van der Waals surface area contributed by atoms with Gasteiger partial charge in [0.25, 0.3) is 5.91 Å².